The smallest absolute Gasteiger partial charge is 0.168 e. The van der Waals surface area contributed by atoms with Crippen LogP contribution in [-0.4, -0.2) is 14.8 Å². The number of hydrogen-bond donors (Lipinski definition) is 0. The summed E-state index contributed by atoms with van der Waals surface area (Å²) in [5.74, 6) is 1.17. The molecule has 3 nitrogen and oxygen atoms in total. The molecule has 0 amide bonds. The molecule has 0 saturated heterocycles. The minimum Gasteiger partial charge on any atom is -0.278 e. The molecule has 0 N–H and O–H groups in total. The first-order chi connectivity index (χ1) is 10.2. The lowest BCUT2D eigenvalue weighted by Gasteiger charge is -2.09. The van der Waals surface area contributed by atoms with Gasteiger partial charge in [0.15, 0.2) is 5.82 Å². The van der Waals surface area contributed by atoms with E-state index in [0.717, 1.165) is 11.5 Å². The number of nitrogens with zero attached hydrogens (tertiary/aromatic N) is 3. The van der Waals surface area contributed by atoms with E-state index in [2.05, 4.69) is 26.1 Å². The second-order valence-corrected chi connectivity index (χ2v) is 5.27. The average molecular weight is 346 g/mol. The van der Waals surface area contributed by atoms with E-state index in [1.807, 2.05) is 41.0 Å². The Morgan fingerprint density at radius 2 is 1.86 bits per heavy atom. The van der Waals surface area contributed by atoms with Crippen molar-refractivity contribution in [1.82, 2.24) is 14.8 Å². The molecule has 0 unspecified atom stereocenters. The molecule has 0 aliphatic carbocycles. The minimum absolute atomic E-state index is 0.240. The molecule has 1 heterocycles. The highest BCUT2D eigenvalue weighted by Gasteiger charge is 2.15. The van der Waals surface area contributed by atoms with Crippen LogP contribution in [0.15, 0.2) is 48.5 Å². The first-order valence-electron chi connectivity index (χ1n) is 6.53. The molecular weight excluding hydrogens is 333 g/mol. The Hall–Kier alpha value is -2.01. The summed E-state index contributed by atoms with van der Waals surface area (Å²) >= 11 is 3.42. The van der Waals surface area contributed by atoms with Gasteiger partial charge in [0.25, 0.3) is 0 Å². The molecule has 5 heteroatoms. The molecular formula is C16H13BrFN3. The Bertz CT molecular complexity index is 768. The van der Waals surface area contributed by atoms with Gasteiger partial charge in [0.2, 0.25) is 0 Å². The van der Waals surface area contributed by atoms with Crippen LogP contribution in [-0.2, 0) is 5.33 Å². The van der Waals surface area contributed by atoms with Crippen molar-refractivity contribution in [3.05, 3.63) is 65.7 Å². The lowest BCUT2D eigenvalue weighted by atomic mass is 10.1. The number of alkyl halides is 1. The molecule has 0 bridgehead atoms. The Morgan fingerprint density at radius 3 is 2.52 bits per heavy atom. The van der Waals surface area contributed by atoms with Crippen LogP contribution in [0.2, 0.25) is 0 Å². The summed E-state index contributed by atoms with van der Waals surface area (Å²) in [6.45, 7) is 1.74. The first kappa shape index (κ1) is 13.9. The van der Waals surface area contributed by atoms with Crippen molar-refractivity contribution in [3.63, 3.8) is 0 Å². The van der Waals surface area contributed by atoms with Crippen molar-refractivity contribution in [2.24, 2.45) is 0 Å². The van der Waals surface area contributed by atoms with Crippen LogP contribution in [0.3, 0.4) is 0 Å². The SMILES string of the molecule is Cc1ccc(-c2nnc(CBr)n2-c2ccccc2)cc1F. The zero-order valence-corrected chi connectivity index (χ0v) is 13.0. The molecule has 0 radical (unpaired) electrons. The summed E-state index contributed by atoms with van der Waals surface area (Å²) in [6.07, 6.45) is 0. The largest absolute Gasteiger partial charge is 0.278 e. The van der Waals surface area contributed by atoms with Gasteiger partial charge in [-0.15, -0.1) is 10.2 Å². The minimum atomic E-state index is -0.240. The fourth-order valence-corrected chi connectivity index (χ4v) is 2.53. The van der Waals surface area contributed by atoms with E-state index in [1.165, 1.54) is 6.07 Å². The van der Waals surface area contributed by atoms with Crippen molar-refractivity contribution in [3.8, 4) is 17.1 Å². The number of rotatable bonds is 3. The zero-order valence-electron chi connectivity index (χ0n) is 11.4. The van der Waals surface area contributed by atoms with Crippen molar-refractivity contribution in [2.75, 3.05) is 0 Å². The topological polar surface area (TPSA) is 30.7 Å². The third-order valence-corrected chi connectivity index (χ3v) is 3.80. The number of benzene rings is 2. The van der Waals surface area contributed by atoms with Crippen molar-refractivity contribution in [2.45, 2.75) is 12.3 Å². The van der Waals surface area contributed by atoms with Crippen LogP contribution >= 0.6 is 15.9 Å². The second-order valence-electron chi connectivity index (χ2n) is 4.71. The Balaban J connectivity index is 2.20. The maximum absolute atomic E-state index is 13.8. The van der Waals surface area contributed by atoms with Crippen molar-refractivity contribution < 1.29 is 4.39 Å². The maximum Gasteiger partial charge on any atom is 0.168 e. The van der Waals surface area contributed by atoms with Gasteiger partial charge in [-0.3, -0.25) is 4.57 Å². The van der Waals surface area contributed by atoms with Gasteiger partial charge in [0.1, 0.15) is 11.6 Å². The molecule has 3 aromatic rings. The van der Waals surface area contributed by atoms with Crippen LogP contribution in [0.1, 0.15) is 11.4 Å². The van der Waals surface area contributed by atoms with Gasteiger partial charge in [-0.25, -0.2) is 4.39 Å². The van der Waals surface area contributed by atoms with Gasteiger partial charge in [-0.2, -0.15) is 0 Å². The van der Waals surface area contributed by atoms with Gasteiger partial charge in [0.05, 0.1) is 5.33 Å². The Kier molecular flexibility index (Phi) is 3.84. The molecule has 21 heavy (non-hydrogen) atoms. The molecule has 0 aliphatic rings. The first-order valence-corrected chi connectivity index (χ1v) is 7.65. The second kappa shape index (κ2) is 5.77. The highest BCUT2D eigenvalue weighted by molar-refractivity contribution is 9.08. The third-order valence-electron chi connectivity index (χ3n) is 3.29. The molecule has 0 spiro atoms. The van der Waals surface area contributed by atoms with E-state index in [4.69, 9.17) is 0 Å². The summed E-state index contributed by atoms with van der Waals surface area (Å²) in [5, 5.41) is 8.98. The molecule has 1 aromatic heterocycles. The molecule has 0 atom stereocenters. The van der Waals surface area contributed by atoms with Gasteiger partial charge in [-0.1, -0.05) is 46.3 Å². The standard InChI is InChI=1S/C16H13BrFN3/c1-11-7-8-12(9-14(11)18)16-20-19-15(10-17)21(16)13-5-3-2-4-6-13/h2-9H,10H2,1H3. The summed E-state index contributed by atoms with van der Waals surface area (Å²) < 4.78 is 15.8. The van der Waals surface area contributed by atoms with Crippen LogP contribution in [0, 0.1) is 12.7 Å². The van der Waals surface area contributed by atoms with Gasteiger partial charge in [0, 0.05) is 11.3 Å². The highest BCUT2D eigenvalue weighted by atomic mass is 79.9. The Morgan fingerprint density at radius 1 is 1.10 bits per heavy atom. The predicted octanol–water partition coefficient (Wildman–Crippen LogP) is 4.28. The summed E-state index contributed by atoms with van der Waals surface area (Å²) in [6, 6.07) is 14.9. The van der Waals surface area contributed by atoms with Crippen molar-refractivity contribution >= 4 is 15.9 Å². The number of hydrogen-bond acceptors (Lipinski definition) is 2. The maximum atomic E-state index is 13.8. The molecule has 0 aliphatic heterocycles. The zero-order chi connectivity index (χ0) is 14.8. The van der Waals surface area contributed by atoms with E-state index in [0.29, 0.717) is 22.3 Å². The van der Waals surface area contributed by atoms with Gasteiger partial charge >= 0.3 is 0 Å². The lowest BCUT2D eigenvalue weighted by Crippen LogP contribution is -2.01. The van der Waals surface area contributed by atoms with E-state index in [-0.39, 0.29) is 5.82 Å². The third kappa shape index (κ3) is 2.61. The van der Waals surface area contributed by atoms with Crippen LogP contribution in [0.4, 0.5) is 4.39 Å². The normalized spacial score (nSPS) is 10.8. The Labute approximate surface area is 130 Å². The monoisotopic (exact) mass is 345 g/mol. The fourth-order valence-electron chi connectivity index (χ4n) is 2.17. The van der Waals surface area contributed by atoms with Crippen molar-refractivity contribution in [1.29, 1.82) is 0 Å². The number of para-hydroxylation sites is 1. The lowest BCUT2D eigenvalue weighted by molar-refractivity contribution is 0.619. The fraction of sp³-hybridized carbons (Fsp3) is 0.125. The number of aryl methyl sites for hydroxylation is 1. The number of aromatic nitrogens is 3. The molecule has 106 valence electrons. The molecule has 3 rings (SSSR count). The van der Waals surface area contributed by atoms with Gasteiger partial charge in [-0.05, 0) is 30.7 Å². The summed E-state index contributed by atoms with van der Waals surface area (Å²) in [4.78, 5) is 0. The van der Waals surface area contributed by atoms with Crippen LogP contribution < -0.4 is 0 Å². The summed E-state index contributed by atoms with van der Waals surface area (Å²) in [7, 11) is 0. The molecule has 0 saturated carbocycles. The van der Waals surface area contributed by atoms with E-state index in [9.17, 15) is 4.39 Å². The molecule has 0 fully saturated rings. The van der Waals surface area contributed by atoms with E-state index in [1.54, 1.807) is 13.0 Å². The number of halogens is 2. The van der Waals surface area contributed by atoms with Crippen LogP contribution in [0.25, 0.3) is 17.1 Å². The average Bonchev–Trinajstić information content (AvgIpc) is 2.95. The quantitative estimate of drug-likeness (QED) is 0.663. The van der Waals surface area contributed by atoms with Gasteiger partial charge < -0.3 is 0 Å². The van der Waals surface area contributed by atoms with E-state index < -0.39 is 0 Å². The predicted molar refractivity (Wildman–Crippen MR) is 84.1 cm³/mol. The molecule has 2 aromatic carbocycles. The summed E-state index contributed by atoms with van der Waals surface area (Å²) in [5.41, 5.74) is 2.28. The highest BCUT2D eigenvalue weighted by Crippen LogP contribution is 2.25. The van der Waals surface area contributed by atoms with Crippen LogP contribution in [0.5, 0.6) is 0 Å². The van der Waals surface area contributed by atoms with E-state index >= 15 is 0 Å².